The van der Waals surface area contributed by atoms with Crippen molar-refractivity contribution in [2.24, 2.45) is 7.05 Å². The zero-order valence-electron chi connectivity index (χ0n) is 9.32. The first-order valence-corrected chi connectivity index (χ1v) is 5.93. The fraction of sp³-hybridized carbons (Fsp3) is 0.273. The molecule has 0 atom stereocenters. The molecule has 0 amide bonds. The molecule has 0 spiro atoms. The van der Waals surface area contributed by atoms with E-state index in [1.165, 1.54) is 6.07 Å². The number of rotatable bonds is 4. The predicted octanol–water partition coefficient (Wildman–Crippen LogP) is 2.01. The van der Waals surface area contributed by atoms with Gasteiger partial charge < -0.3 is 5.32 Å². The topological polar surface area (TPSA) is 42.7 Å². The SMILES string of the molecule is Cn1cnc(CNCc2cc(Br)ccc2F)n1. The summed E-state index contributed by atoms with van der Waals surface area (Å²) in [5.41, 5.74) is 0.621. The lowest BCUT2D eigenvalue weighted by molar-refractivity contribution is 0.581. The summed E-state index contributed by atoms with van der Waals surface area (Å²) in [6.45, 7) is 0.969. The third-order valence-electron chi connectivity index (χ3n) is 2.25. The van der Waals surface area contributed by atoms with Gasteiger partial charge in [0, 0.05) is 23.6 Å². The lowest BCUT2D eigenvalue weighted by atomic mass is 10.2. The molecule has 17 heavy (non-hydrogen) atoms. The molecule has 0 saturated heterocycles. The Morgan fingerprint density at radius 3 is 2.94 bits per heavy atom. The maximum atomic E-state index is 13.4. The molecule has 0 bridgehead atoms. The molecule has 2 rings (SSSR count). The highest BCUT2D eigenvalue weighted by Crippen LogP contribution is 2.15. The van der Waals surface area contributed by atoms with Crippen LogP contribution in [-0.2, 0) is 20.1 Å². The van der Waals surface area contributed by atoms with Crippen LogP contribution in [0.2, 0.25) is 0 Å². The average molecular weight is 299 g/mol. The van der Waals surface area contributed by atoms with Crippen molar-refractivity contribution in [1.82, 2.24) is 20.1 Å². The van der Waals surface area contributed by atoms with Crippen LogP contribution in [0.4, 0.5) is 4.39 Å². The number of hydrogen-bond acceptors (Lipinski definition) is 3. The van der Waals surface area contributed by atoms with E-state index in [0.29, 0.717) is 24.5 Å². The fourth-order valence-corrected chi connectivity index (χ4v) is 1.86. The van der Waals surface area contributed by atoms with E-state index in [0.717, 1.165) is 4.47 Å². The van der Waals surface area contributed by atoms with Gasteiger partial charge in [-0.3, -0.25) is 4.68 Å². The molecule has 90 valence electrons. The van der Waals surface area contributed by atoms with E-state index in [-0.39, 0.29) is 5.82 Å². The molecular formula is C11H12BrFN4. The van der Waals surface area contributed by atoms with Crippen LogP contribution < -0.4 is 5.32 Å². The van der Waals surface area contributed by atoms with E-state index < -0.39 is 0 Å². The summed E-state index contributed by atoms with van der Waals surface area (Å²) >= 11 is 3.31. The van der Waals surface area contributed by atoms with Crippen molar-refractivity contribution < 1.29 is 4.39 Å². The maximum Gasteiger partial charge on any atom is 0.164 e. The largest absolute Gasteiger partial charge is 0.306 e. The smallest absolute Gasteiger partial charge is 0.164 e. The van der Waals surface area contributed by atoms with Crippen molar-refractivity contribution >= 4 is 15.9 Å². The maximum absolute atomic E-state index is 13.4. The van der Waals surface area contributed by atoms with Gasteiger partial charge in [-0.15, -0.1) is 0 Å². The number of halogens is 2. The molecule has 0 radical (unpaired) electrons. The Kier molecular flexibility index (Phi) is 3.86. The minimum absolute atomic E-state index is 0.213. The Balaban J connectivity index is 1.91. The molecule has 6 heteroatoms. The van der Waals surface area contributed by atoms with Gasteiger partial charge in [-0.05, 0) is 18.2 Å². The lowest BCUT2D eigenvalue weighted by Crippen LogP contribution is -2.15. The number of benzene rings is 1. The van der Waals surface area contributed by atoms with E-state index in [9.17, 15) is 4.39 Å². The highest BCUT2D eigenvalue weighted by molar-refractivity contribution is 9.10. The van der Waals surface area contributed by atoms with Gasteiger partial charge in [-0.2, -0.15) is 5.10 Å². The third-order valence-corrected chi connectivity index (χ3v) is 2.75. The molecule has 0 aliphatic heterocycles. The van der Waals surface area contributed by atoms with Crippen molar-refractivity contribution in [3.05, 3.63) is 46.2 Å². The summed E-state index contributed by atoms with van der Waals surface area (Å²) in [4.78, 5) is 4.07. The van der Waals surface area contributed by atoms with Crippen molar-refractivity contribution in [3.63, 3.8) is 0 Å². The number of nitrogens with one attached hydrogen (secondary N) is 1. The van der Waals surface area contributed by atoms with Gasteiger partial charge in [0.25, 0.3) is 0 Å². The van der Waals surface area contributed by atoms with E-state index in [1.54, 1.807) is 23.1 Å². The molecular weight excluding hydrogens is 287 g/mol. The van der Waals surface area contributed by atoms with Gasteiger partial charge in [0.2, 0.25) is 0 Å². The normalized spacial score (nSPS) is 10.8. The Morgan fingerprint density at radius 1 is 1.41 bits per heavy atom. The van der Waals surface area contributed by atoms with Crippen LogP contribution in [0, 0.1) is 5.82 Å². The Morgan fingerprint density at radius 2 is 2.24 bits per heavy atom. The highest BCUT2D eigenvalue weighted by Gasteiger charge is 2.03. The van der Waals surface area contributed by atoms with Crippen LogP contribution in [0.3, 0.4) is 0 Å². The fourth-order valence-electron chi connectivity index (χ4n) is 1.45. The lowest BCUT2D eigenvalue weighted by Gasteiger charge is -2.04. The van der Waals surface area contributed by atoms with Gasteiger partial charge >= 0.3 is 0 Å². The van der Waals surface area contributed by atoms with E-state index in [2.05, 4.69) is 31.3 Å². The molecule has 1 heterocycles. The monoisotopic (exact) mass is 298 g/mol. The molecule has 0 aliphatic rings. The summed E-state index contributed by atoms with van der Waals surface area (Å²) < 4.78 is 15.9. The number of hydrogen-bond donors (Lipinski definition) is 1. The summed E-state index contributed by atoms with van der Waals surface area (Å²) in [5, 5.41) is 7.22. The first-order valence-electron chi connectivity index (χ1n) is 5.14. The van der Waals surface area contributed by atoms with Crippen molar-refractivity contribution in [3.8, 4) is 0 Å². The molecule has 1 N–H and O–H groups in total. The zero-order chi connectivity index (χ0) is 12.3. The average Bonchev–Trinajstić information content (AvgIpc) is 2.69. The predicted molar refractivity (Wildman–Crippen MR) is 65.6 cm³/mol. The molecule has 4 nitrogen and oxygen atoms in total. The number of aromatic nitrogens is 3. The minimum Gasteiger partial charge on any atom is -0.306 e. The second-order valence-electron chi connectivity index (χ2n) is 3.67. The second-order valence-corrected chi connectivity index (χ2v) is 4.59. The van der Waals surface area contributed by atoms with Crippen LogP contribution >= 0.6 is 15.9 Å². The number of nitrogens with zero attached hydrogens (tertiary/aromatic N) is 3. The molecule has 0 fully saturated rings. The first-order chi connectivity index (χ1) is 8.15. The van der Waals surface area contributed by atoms with E-state index >= 15 is 0 Å². The van der Waals surface area contributed by atoms with Crippen molar-refractivity contribution in [1.29, 1.82) is 0 Å². The molecule has 0 saturated carbocycles. The van der Waals surface area contributed by atoms with Crippen LogP contribution in [0.25, 0.3) is 0 Å². The van der Waals surface area contributed by atoms with E-state index in [4.69, 9.17) is 0 Å². The summed E-state index contributed by atoms with van der Waals surface area (Å²) in [6.07, 6.45) is 1.64. The molecule has 1 aromatic heterocycles. The highest BCUT2D eigenvalue weighted by atomic mass is 79.9. The third kappa shape index (κ3) is 3.34. The van der Waals surface area contributed by atoms with Crippen LogP contribution in [0.5, 0.6) is 0 Å². The summed E-state index contributed by atoms with van der Waals surface area (Å²) in [7, 11) is 1.81. The molecule has 2 aromatic rings. The quantitative estimate of drug-likeness (QED) is 0.939. The Labute approximate surface area is 107 Å². The molecule has 1 aromatic carbocycles. The van der Waals surface area contributed by atoms with Gasteiger partial charge in [0.05, 0.1) is 6.54 Å². The first kappa shape index (κ1) is 12.2. The van der Waals surface area contributed by atoms with Crippen LogP contribution in [-0.4, -0.2) is 14.8 Å². The van der Waals surface area contributed by atoms with Crippen LogP contribution in [0.15, 0.2) is 29.0 Å². The molecule has 0 aliphatic carbocycles. The Hall–Kier alpha value is -1.27. The van der Waals surface area contributed by atoms with Crippen LogP contribution in [0.1, 0.15) is 11.4 Å². The summed E-state index contributed by atoms with van der Waals surface area (Å²) in [6, 6.07) is 4.88. The minimum atomic E-state index is -0.213. The van der Waals surface area contributed by atoms with Gasteiger partial charge in [0.15, 0.2) is 5.82 Å². The molecule has 0 unspecified atom stereocenters. The Bertz CT molecular complexity index is 512. The van der Waals surface area contributed by atoms with Gasteiger partial charge in [-0.1, -0.05) is 15.9 Å². The van der Waals surface area contributed by atoms with Crippen molar-refractivity contribution in [2.45, 2.75) is 13.1 Å². The zero-order valence-corrected chi connectivity index (χ0v) is 10.9. The second kappa shape index (κ2) is 5.37. The van der Waals surface area contributed by atoms with Gasteiger partial charge in [0.1, 0.15) is 12.1 Å². The number of aryl methyl sites for hydroxylation is 1. The summed E-state index contributed by atoms with van der Waals surface area (Å²) in [5.74, 6) is 0.484. The standard InChI is InChI=1S/C11H12BrFN4/c1-17-7-15-11(16-17)6-14-5-8-4-9(12)2-3-10(8)13/h2-4,7,14H,5-6H2,1H3. The van der Waals surface area contributed by atoms with Gasteiger partial charge in [-0.25, -0.2) is 9.37 Å². The van der Waals surface area contributed by atoms with Crippen molar-refractivity contribution in [2.75, 3.05) is 0 Å². The van der Waals surface area contributed by atoms with E-state index in [1.807, 2.05) is 7.05 Å².